The second-order valence-electron chi connectivity index (χ2n) is 38.4. The Hall–Kier alpha value is -18.0. The molecule has 0 amide bonds. The van der Waals surface area contributed by atoms with Gasteiger partial charge in [0.05, 0.1) is 33.2 Å². The molecule has 144 heavy (non-hydrogen) atoms. The maximum Gasteiger partial charge on any atom is 0.256 e. The summed E-state index contributed by atoms with van der Waals surface area (Å²) in [7, 11) is 10.2. The summed E-state index contributed by atoms with van der Waals surface area (Å²) in [6, 6.07) is 106. The SMILES string of the molecule is Cc1cc(-c2c(C)ccc3c2oc2cc4oc5ccccc5c4cc23)[n+](C)cc1C.Cc1ccccc1-c1c2oc3c(ccc4c5ccccc5oc43)c2cc[n+]1C.Cc1ccccc1-c1c2oc3c(ccc4oc5ccccc5c43)c2cc[n+]1C.Cc1ccccc1-c1c2oc3cc4c(cc3c2cc[n+]1C)oc1ccccc14.[2H]C([2H])([2H])c1c[n+](C)c(-c2c(C)ccc3c2oc2cc4oc5ccccc5c4cc23)cc1C. The highest BCUT2D eigenvalue weighted by molar-refractivity contribution is 6.25. The van der Waals surface area contributed by atoms with Gasteiger partial charge in [0, 0.05) is 160 Å². The summed E-state index contributed by atoms with van der Waals surface area (Å²) in [5.41, 5.74) is 37.9. The third-order valence-corrected chi connectivity index (χ3v) is 29.4. The molecule has 0 spiro atoms. The Labute approximate surface area is 829 Å². The fraction of sp³-hybridized carbons (Fsp3) is 0.109. The van der Waals surface area contributed by atoms with Crippen LogP contribution in [0.4, 0.5) is 0 Å². The van der Waals surface area contributed by atoms with E-state index in [0.717, 1.165) is 270 Å². The number of hydrogen-bond acceptors (Lipinski definition) is 10. The Balaban J connectivity index is 0.0000000933. The minimum absolute atomic E-state index is 0.357. The van der Waals surface area contributed by atoms with Gasteiger partial charge in [-0.05, 0) is 198 Å². The zero-order valence-corrected chi connectivity index (χ0v) is 81.7. The third-order valence-electron chi connectivity index (χ3n) is 29.4. The molecule has 0 saturated heterocycles. The number of hydrogen-bond donors (Lipinski definition) is 0. The van der Waals surface area contributed by atoms with Crippen molar-refractivity contribution in [1.29, 1.82) is 0 Å². The molecule has 0 atom stereocenters. The number of nitrogens with zero attached hydrogens (tertiary/aromatic N) is 5. The molecule has 15 heteroatoms. The number of benzene rings is 15. The fourth-order valence-corrected chi connectivity index (χ4v) is 21.9. The molecular weight excluding hydrogens is 1780 g/mol. The number of aromatic nitrogens is 5. The van der Waals surface area contributed by atoms with Gasteiger partial charge in [-0.25, -0.2) is 9.13 Å². The number of aryl methyl sites for hydroxylation is 14. The molecule has 15 aromatic carbocycles. The third kappa shape index (κ3) is 13.8. The van der Waals surface area contributed by atoms with Crippen LogP contribution in [0.15, 0.2) is 385 Å². The second-order valence-corrected chi connectivity index (χ2v) is 38.4. The zero-order chi connectivity index (χ0) is 100. The van der Waals surface area contributed by atoms with E-state index in [9.17, 15) is 0 Å². The monoisotopic (exact) mass is 1880 g/mol. The summed E-state index contributed by atoms with van der Waals surface area (Å²) >= 11 is 0. The number of para-hydroxylation sites is 5. The Morgan fingerprint density at radius 2 is 0.472 bits per heavy atom. The highest BCUT2D eigenvalue weighted by Crippen LogP contribution is 2.49. The van der Waals surface area contributed by atoms with Gasteiger partial charge in [-0.3, -0.25) is 0 Å². The molecule has 15 aromatic heterocycles. The van der Waals surface area contributed by atoms with Crippen LogP contribution in [-0.2, 0) is 35.2 Å². The lowest BCUT2D eigenvalue weighted by Crippen LogP contribution is -2.31. The molecule has 15 heterocycles. The lowest BCUT2D eigenvalue weighted by atomic mass is 9.98. The van der Waals surface area contributed by atoms with Crippen LogP contribution in [0, 0.1) is 62.2 Å². The second kappa shape index (κ2) is 33.4. The molecule has 0 saturated carbocycles. The van der Waals surface area contributed by atoms with Crippen LogP contribution in [-0.4, -0.2) is 0 Å². The van der Waals surface area contributed by atoms with E-state index in [1.54, 1.807) is 6.20 Å². The molecule has 0 unspecified atom stereocenters. The number of rotatable bonds is 5. The summed E-state index contributed by atoms with van der Waals surface area (Å²) in [5, 5.41) is 21.9. The first-order chi connectivity index (χ1) is 71.4. The van der Waals surface area contributed by atoms with E-state index in [1.165, 1.54) is 50.1 Å². The zero-order valence-electron chi connectivity index (χ0n) is 84.7. The van der Waals surface area contributed by atoms with E-state index in [-0.39, 0.29) is 0 Å². The van der Waals surface area contributed by atoms with Gasteiger partial charge in [-0.2, -0.15) is 13.7 Å². The predicted molar refractivity (Wildman–Crippen MR) is 581 cm³/mol. The van der Waals surface area contributed by atoms with Crippen LogP contribution in [0.25, 0.3) is 276 Å². The summed E-state index contributed by atoms with van der Waals surface area (Å²) in [6.45, 7) is 14.6. The van der Waals surface area contributed by atoms with Gasteiger partial charge >= 0.3 is 0 Å². The molecule has 30 aromatic rings. The van der Waals surface area contributed by atoms with Crippen molar-refractivity contribution in [3.05, 3.63) is 390 Å². The standard InChI is InChI=1S/2C27H22NO2.3C25H18NO2/c2*1-15-9-10-19-21-12-20-18-7-5-6-8-23(18)29-24(20)13-25(21)30-27(19)26(15)22-11-16(2)17(3)14-28(22)4;1-15-7-3-4-8-16(15)24-25-18(11-12-26(24)2)20-14-22-19(13-23(20)28-25)17-9-5-6-10-21(17)27-22;1-15-7-3-4-8-16(15)23-25-18(13-14-26(23)2)17-11-12-21-22(24(17)28-25)19-9-5-6-10-20(19)27-21;1-15-7-3-4-8-16(15)22-23-20(13-14-26(22)2)19-12-11-18-17-9-5-6-10-21(17)27-24(18)25(19)28-23/h2*5-14H,1-4H3;3*3-14H,1-2H3/q5*+1/i3D3;;;;. The molecule has 30 rings (SSSR count). The molecule has 0 aliphatic rings. The average Bonchev–Trinajstić information content (AvgIpc) is 1.57. The van der Waals surface area contributed by atoms with E-state index in [1.807, 2.05) is 135 Å². The lowest BCUT2D eigenvalue weighted by molar-refractivity contribution is -0.660. The Bertz CT molecular complexity index is 10800. The molecule has 0 fully saturated rings. The predicted octanol–water partition coefficient (Wildman–Crippen LogP) is 32.7. The molecule has 15 nitrogen and oxygen atoms in total. The summed E-state index contributed by atoms with van der Waals surface area (Å²) in [4.78, 5) is 0. The molecule has 0 aliphatic carbocycles. The van der Waals surface area contributed by atoms with E-state index >= 15 is 0 Å². The van der Waals surface area contributed by atoms with Gasteiger partial charge in [-0.15, -0.1) is 0 Å². The number of furan rings is 10. The molecule has 0 radical (unpaired) electrons. The van der Waals surface area contributed by atoms with Crippen molar-refractivity contribution in [1.82, 2.24) is 0 Å². The quantitative estimate of drug-likeness (QED) is 0.152. The first-order valence-electron chi connectivity index (χ1n) is 50.1. The average molecular weight is 1880 g/mol. The summed E-state index contributed by atoms with van der Waals surface area (Å²) < 4.78 is 96.9. The minimum Gasteiger partial charge on any atom is -0.456 e. The Morgan fingerprint density at radius 1 is 0.181 bits per heavy atom. The Kier molecular flexibility index (Phi) is 19.3. The van der Waals surface area contributed by atoms with Gasteiger partial charge in [0.2, 0.25) is 28.1 Å². The smallest absolute Gasteiger partial charge is 0.256 e. The number of pyridine rings is 5. The van der Waals surface area contributed by atoms with Crippen molar-refractivity contribution in [2.75, 3.05) is 0 Å². The van der Waals surface area contributed by atoms with Gasteiger partial charge < -0.3 is 44.2 Å². The highest BCUT2D eigenvalue weighted by Gasteiger charge is 2.32. The van der Waals surface area contributed by atoms with Crippen molar-refractivity contribution in [2.24, 2.45) is 35.2 Å². The van der Waals surface area contributed by atoms with E-state index < -0.39 is 6.85 Å². The van der Waals surface area contributed by atoms with Crippen molar-refractivity contribution in [3.8, 4) is 56.3 Å². The van der Waals surface area contributed by atoms with Crippen LogP contribution in [0.1, 0.15) is 54.2 Å². The van der Waals surface area contributed by atoms with E-state index in [2.05, 4.69) is 313 Å². The van der Waals surface area contributed by atoms with Gasteiger partial charge in [0.15, 0.2) is 42.2 Å². The van der Waals surface area contributed by atoms with Crippen molar-refractivity contribution < 1.29 is 71.1 Å². The largest absolute Gasteiger partial charge is 0.456 e. The van der Waals surface area contributed by atoms with E-state index in [0.29, 0.717) is 5.56 Å². The summed E-state index contributed by atoms with van der Waals surface area (Å²) in [6.07, 6.45) is 10.2. The van der Waals surface area contributed by atoms with Crippen molar-refractivity contribution in [2.45, 2.75) is 62.2 Å². The fourth-order valence-electron chi connectivity index (χ4n) is 21.9. The van der Waals surface area contributed by atoms with E-state index in [4.69, 9.17) is 48.3 Å². The van der Waals surface area contributed by atoms with Crippen LogP contribution < -0.4 is 22.8 Å². The van der Waals surface area contributed by atoms with Crippen LogP contribution in [0.3, 0.4) is 0 Å². The van der Waals surface area contributed by atoms with Gasteiger partial charge in [0.25, 0.3) is 17.1 Å². The first-order valence-corrected chi connectivity index (χ1v) is 48.6. The van der Waals surface area contributed by atoms with Gasteiger partial charge in [-0.1, -0.05) is 170 Å². The van der Waals surface area contributed by atoms with Crippen LogP contribution >= 0.6 is 0 Å². The number of fused-ring (bicyclic) bond motifs is 32. The van der Waals surface area contributed by atoms with Crippen LogP contribution in [0.2, 0.25) is 0 Å². The van der Waals surface area contributed by atoms with Crippen molar-refractivity contribution >= 4 is 219 Å². The molecule has 0 aliphatic heterocycles. The topological polar surface area (TPSA) is 151 Å². The summed E-state index contributed by atoms with van der Waals surface area (Å²) in [5.74, 6) is 0. The van der Waals surface area contributed by atoms with Crippen LogP contribution in [0.5, 0.6) is 0 Å². The molecule has 694 valence electrons. The minimum atomic E-state index is -2.16. The van der Waals surface area contributed by atoms with Crippen molar-refractivity contribution in [3.63, 3.8) is 0 Å². The molecular formula is C129H98N5O10+5. The maximum atomic E-state index is 7.84. The normalized spacial score (nSPS) is 12.4. The molecule has 0 bridgehead atoms. The Morgan fingerprint density at radius 3 is 0.944 bits per heavy atom. The maximum absolute atomic E-state index is 7.84. The van der Waals surface area contributed by atoms with Gasteiger partial charge in [0.1, 0.15) is 119 Å². The molecule has 0 N–H and O–H groups in total. The highest BCUT2D eigenvalue weighted by atomic mass is 16.4. The lowest BCUT2D eigenvalue weighted by Gasteiger charge is -2.07. The first kappa shape index (κ1) is 83.1.